The van der Waals surface area contributed by atoms with E-state index in [4.69, 9.17) is 9.47 Å². The van der Waals surface area contributed by atoms with Crippen LogP contribution in [-0.2, 0) is 4.79 Å². The van der Waals surface area contributed by atoms with Gasteiger partial charge >= 0.3 is 0 Å². The molecule has 1 amide bonds. The molecular formula is C17H26N2O3. The number of amides is 1. The number of rotatable bonds is 7. The van der Waals surface area contributed by atoms with E-state index in [2.05, 4.69) is 10.6 Å². The quantitative estimate of drug-likeness (QED) is 0.811. The number of methoxy groups -OCH3 is 2. The number of benzene rings is 1. The van der Waals surface area contributed by atoms with Crippen LogP contribution in [0.3, 0.4) is 0 Å². The van der Waals surface area contributed by atoms with Crippen molar-refractivity contribution in [3.63, 3.8) is 0 Å². The van der Waals surface area contributed by atoms with Crippen molar-refractivity contribution in [2.45, 2.75) is 32.2 Å². The Morgan fingerprint density at radius 3 is 2.77 bits per heavy atom. The Morgan fingerprint density at radius 1 is 1.36 bits per heavy atom. The van der Waals surface area contributed by atoms with Gasteiger partial charge in [0.05, 0.1) is 20.3 Å². The van der Waals surface area contributed by atoms with E-state index in [1.54, 1.807) is 14.2 Å². The molecule has 1 heterocycles. The molecule has 1 aliphatic rings. The lowest BCUT2D eigenvalue weighted by Crippen LogP contribution is -2.27. The molecule has 0 bridgehead atoms. The van der Waals surface area contributed by atoms with E-state index < -0.39 is 0 Å². The highest BCUT2D eigenvalue weighted by atomic mass is 16.5. The summed E-state index contributed by atoms with van der Waals surface area (Å²) < 4.78 is 10.5. The lowest BCUT2D eigenvalue weighted by atomic mass is 10.0. The highest BCUT2D eigenvalue weighted by molar-refractivity contribution is 5.76. The molecule has 0 radical (unpaired) electrons. The number of carbonyl (C=O) groups excluding carboxylic acids is 1. The Labute approximate surface area is 132 Å². The summed E-state index contributed by atoms with van der Waals surface area (Å²) >= 11 is 0. The molecule has 2 rings (SSSR count). The van der Waals surface area contributed by atoms with Crippen molar-refractivity contribution in [2.24, 2.45) is 5.92 Å². The molecule has 2 N–H and O–H groups in total. The first kappa shape index (κ1) is 16.6. The van der Waals surface area contributed by atoms with Gasteiger partial charge < -0.3 is 20.1 Å². The summed E-state index contributed by atoms with van der Waals surface area (Å²) in [7, 11) is 3.22. The van der Waals surface area contributed by atoms with Crippen LogP contribution in [0.1, 0.15) is 37.8 Å². The highest BCUT2D eigenvalue weighted by Gasteiger charge is 2.17. The van der Waals surface area contributed by atoms with Gasteiger partial charge in [0, 0.05) is 6.42 Å². The molecule has 0 spiro atoms. The number of hydrogen-bond acceptors (Lipinski definition) is 4. The van der Waals surface area contributed by atoms with Gasteiger partial charge in [0.1, 0.15) is 0 Å². The van der Waals surface area contributed by atoms with Crippen LogP contribution < -0.4 is 20.1 Å². The van der Waals surface area contributed by atoms with E-state index in [-0.39, 0.29) is 11.9 Å². The van der Waals surface area contributed by atoms with Gasteiger partial charge in [-0.3, -0.25) is 4.79 Å². The van der Waals surface area contributed by atoms with Crippen molar-refractivity contribution in [1.82, 2.24) is 10.6 Å². The summed E-state index contributed by atoms with van der Waals surface area (Å²) in [6, 6.07) is 5.67. The maximum Gasteiger partial charge on any atom is 0.220 e. The molecule has 0 saturated carbocycles. The van der Waals surface area contributed by atoms with Gasteiger partial charge in [-0.05, 0) is 56.5 Å². The summed E-state index contributed by atoms with van der Waals surface area (Å²) in [5.74, 6) is 2.12. The molecule has 1 aliphatic heterocycles. The van der Waals surface area contributed by atoms with E-state index in [0.29, 0.717) is 23.8 Å². The molecule has 1 fully saturated rings. The lowest BCUT2D eigenvalue weighted by molar-refractivity contribution is -0.122. The van der Waals surface area contributed by atoms with Gasteiger partial charge in [-0.15, -0.1) is 0 Å². The third kappa shape index (κ3) is 4.37. The first-order valence-corrected chi connectivity index (χ1v) is 7.86. The Kier molecular flexibility index (Phi) is 6.07. The lowest BCUT2D eigenvalue weighted by Gasteiger charge is -2.17. The number of nitrogens with one attached hydrogen (secondary N) is 2. The number of carbonyl (C=O) groups is 1. The van der Waals surface area contributed by atoms with Gasteiger partial charge in [0.15, 0.2) is 11.5 Å². The largest absolute Gasteiger partial charge is 0.493 e. The number of ether oxygens (including phenoxy) is 2. The zero-order valence-corrected chi connectivity index (χ0v) is 13.6. The topological polar surface area (TPSA) is 59.6 Å². The van der Waals surface area contributed by atoms with E-state index >= 15 is 0 Å². The highest BCUT2D eigenvalue weighted by Crippen LogP contribution is 2.29. The molecule has 0 aliphatic carbocycles. The minimum absolute atomic E-state index is 0.0472. The Hall–Kier alpha value is -1.75. The Bertz CT molecular complexity index is 499. The number of hydrogen-bond donors (Lipinski definition) is 2. The van der Waals surface area contributed by atoms with E-state index in [9.17, 15) is 4.79 Å². The third-order valence-electron chi connectivity index (χ3n) is 4.23. The molecule has 122 valence electrons. The molecule has 5 nitrogen and oxygen atoms in total. The SMILES string of the molecule is COc1ccc(C(C)NC(=O)CCC2CCNC2)cc1OC. The molecule has 1 aromatic rings. The monoisotopic (exact) mass is 306 g/mol. The molecule has 5 heteroatoms. The van der Waals surface area contributed by atoms with Crippen molar-refractivity contribution < 1.29 is 14.3 Å². The van der Waals surface area contributed by atoms with Crippen molar-refractivity contribution in [3.05, 3.63) is 23.8 Å². The van der Waals surface area contributed by atoms with Crippen LogP contribution >= 0.6 is 0 Å². The molecule has 2 atom stereocenters. The first-order valence-electron chi connectivity index (χ1n) is 7.86. The second-order valence-corrected chi connectivity index (χ2v) is 5.80. The summed E-state index contributed by atoms with van der Waals surface area (Å²) in [5.41, 5.74) is 1.01. The summed E-state index contributed by atoms with van der Waals surface area (Å²) in [6.07, 6.45) is 2.72. The predicted octanol–water partition coefficient (Wildman–Crippen LogP) is 2.27. The van der Waals surface area contributed by atoms with E-state index in [1.165, 1.54) is 6.42 Å². The van der Waals surface area contributed by atoms with Crippen LogP contribution in [0.15, 0.2) is 18.2 Å². The molecule has 1 saturated heterocycles. The maximum atomic E-state index is 12.1. The van der Waals surface area contributed by atoms with Crippen LogP contribution in [0, 0.1) is 5.92 Å². The summed E-state index contributed by atoms with van der Waals surface area (Å²) in [6.45, 7) is 4.10. The molecule has 2 unspecified atom stereocenters. The smallest absolute Gasteiger partial charge is 0.220 e. The Morgan fingerprint density at radius 2 is 2.14 bits per heavy atom. The van der Waals surface area contributed by atoms with Gasteiger partial charge in [-0.1, -0.05) is 6.07 Å². The molecule has 0 aromatic heterocycles. The van der Waals surface area contributed by atoms with E-state index in [0.717, 1.165) is 25.1 Å². The maximum absolute atomic E-state index is 12.1. The second kappa shape index (κ2) is 8.03. The normalized spacial score (nSPS) is 18.8. The van der Waals surface area contributed by atoms with Crippen molar-refractivity contribution in [2.75, 3.05) is 27.3 Å². The van der Waals surface area contributed by atoms with Gasteiger partial charge in [-0.25, -0.2) is 0 Å². The van der Waals surface area contributed by atoms with Crippen molar-refractivity contribution >= 4 is 5.91 Å². The van der Waals surface area contributed by atoms with Crippen molar-refractivity contribution in [1.29, 1.82) is 0 Å². The van der Waals surface area contributed by atoms with Crippen LogP contribution in [-0.4, -0.2) is 33.2 Å². The van der Waals surface area contributed by atoms with Crippen LogP contribution in [0.2, 0.25) is 0 Å². The average molecular weight is 306 g/mol. The molecule has 22 heavy (non-hydrogen) atoms. The average Bonchev–Trinajstić information content (AvgIpc) is 3.05. The Balaban J connectivity index is 1.87. The molecular weight excluding hydrogens is 280 g/mol. The minimum atomic E-state index is -0.0472. The fourth-order valence-electron chi connectivity index (χ4n) is 2.82. The first-order chi connectivity index (χ1) is 10.6. The fraction of sp³-hybridized carbons (Fsp3) is 0.588. The van der Waals surface area contributed by atoms with Crippen LogP contribution in [0.5, 0.6) is 11.5 Å². The van der Waals surface area contributed by atoms with Gasteiger partial charge in [0.25, 0.3) is 0 Å². The fourth-order valence-corrected chi connectivity index (χ4v) is 2.82. The second-order valence-electron chi connectivity index (χ2n) is 5.80. The summed E-state index contributed by atoms with van der Waals surface area (Å²) in [5, 5.41) is 6.38. The van der Waals surface area contributed by atoms with Crippen molar-refractivity contribution in [3.8, 4) is 11.5 Å². The van der Waals surface area contributed by atoms with Gasteiger partial charge in [-0.2, -0.15) is 0 Å². The summed E-state index contributed by atoms with van der Waals surface area (Å²) in [4.78, 5) is 12.1. The van der Waals surface area contributed by atoms with E-state index in [1.807, 2.05) is 25.1 Å². The minimum Gasteiger partial charge on any atom is -0.493 e. The standard InChI is InChI=1S/C17H26N2O3/c1-12(14-5-6-15(21-2)16(10-14)22-3)19-17(20)7-4-13-8-9-18-11-13/h5-6,10,12-13,18H,4,7-9,11H2,1-3H3,(H,19,20). The van der Waals surface area contributed by atoms with Gasteiger partial charge in [0.2, 0.25) is 5.91 Å². The zero-order valence-electron chi connectivity index (χ0n) is 13.6. The third-order valence-corrected chi connectivity index (χ3v) is 4.23. The molecule has 1 aromatic carbocycles. The van der Waals surface area contributed by atoms with Crippen LogP contribution in [0.25, 0.3) is 0 Å². The zero-order chi connectivity index (χ0) is 15.9. The van der Waals surface area contributed by atoms with Crippen LogP contribution in [0.4, 0.5) is 0 Å². The predicted molar refractivity (Wildman–Crippen MR) is 86.3 cm³/mol.